The molecule has 1 heterocycles. The van der Waals surface area contributed by atoms with Gasteiger partial charge in [0.2, 0.25) is 0 Å². The first-order valence-corrected chi connectivity index (χ1v) is 10.7. The molecule has 0 aliphatic heterocycles. The zero-order chi connectivity index (χ0) is 19.8. The Balaban J connectivity index is 1.87. The zero-order valence-corrected chi connectivity index (χ0v) is 18.0. The maximum absolute atomic E-state index is 6.20. The molecule has 0 aliphatic carbocycles. The van der Waals surface area contributed by atoms with Gasteiger partial charge in [-0.3, -0.25) is 0 Å². The van der Waals surface area contributed by atoms with Gasteiger partial charge >= 0.3 is 0 Å². The monoisotopic (exact) mass is 443 g/mol. The number of halogens is 1. The topological polar surface area (TPSA) is 44.5 Å². The fourth-order valence-electron chi connectivity index (χ4n) is 3.08. The lowest BCUT2D eigenvalue weighted by Crippen LogP contribution is -1.88. The molecule has 0 saturated heterocycles. The maximum Gasteiger partial charge on any atom is 0.195 e. The summed E-state index contributed by atoms with van der Waals surface area (Å²) in [6, 6.07) is 15.8. The molecule has 0 spiro atoms. The SMILES string of the molecule is COc1ccc(-c2nc(CCCCCCBr)oc2-c2ccc(OC)cc2)cc1. The van der Waals surface area contributed by atoms with Gasteiger partial charge in [0.25, 0.3) is 0 Å². The first-order chi connectivity index (χ1) is 13.7. The van der Waals surface area contributed by atoms with E-state index in [4.69, 9.17) is 18.9 Å². The van der Waals surface area contributed by atoms with Gasteiger partial charge in [0.1, 0.15) is 17.2 Å². The number of methoxy groups -OCH3 is 2. The van der Waals surface area contributed by atoms with Gasteiger partial charge in [-0.1, -0.05) is 28.8 Å². The molecule has 0 unspecified atom stereocenters. The van der Waals surface area contributed by atoms with Crippen LogP contribution in [0.25, 0.3) is 22.6 Å². The van der Waals surface area contributed by atoms with Crippen LogP contribution in [0.1, 0.15) is 31.6 Å². The number of aryl methyl sites for hydroxylation is 1. The van der Waals surface area contributed by atoms with Crippen molar-refractivity contribution in [3.05, 3.63) is 54.4 Å². The highest BCUT2D eigenvalue weighted by Crippen LogP contribution is 2.34. The van der Waals surface area contributed by atoms with Crippen molar-refractivity contribution in [2.24, 2.45) is 0 Å². The molecule has 0 amide bonds. The van der Waals surface area contributed by atoms with E-state index in [9.17, 15) is 0 Å². The van der Waals surface area contributed by atoms with Gasteiger partial charge in [-0.25, -0.2) is 4.98 Å². The molecule has 0 saturated carbocycles. The summed E-state index contributed by atoms with van der Waals surface area (Å²) < 4.78 is 16.7. The highest BCUT2D eigenvalue weighted by atomic mass is 79.9. The summed E-state index contributed by atoms with van der Waals surface area (Å²) in [6.45, 7) is 0. The van der Waals surface area contributed by atoms with Crippen molar-refractivity contribution >= 4 is 15.9 Å². The molecule has 1 aromatic heterocycles. The van der Waals surface area contributed by atoms with E-state index in [1.54, 1.807) is 14.2 Å². The van der Waals surface area contributed by atoms with Gasteiger partial charge < -0.3 is 13.9 Å². The maximum atomic E-state index is 6.20. The van der Waals surface area contributed by atoms with Crippen LogP contribution in [0.2, 0.25) is 0 Å². The minimum Gasteiger partial charge on any atom is -0.497 e. The molecule has 0 atom stereocenters. The van der Waals surface area contributed by atoms with Gasteiger partial charge in [0.05, 0.1) is 14.2 Å². The molecule has 5 heteroatoms. The molecule has 0 bridgehead atoms. The van der Waals surface area contributed by atoms with Crippen LogP contribution >= 0.6 is 15.9 Å². The van der Waals surface area contributed by atoms with E-state index >= 15 is 0 Å². The third kappa shape index (κ3) is 5.16. The Morgan fingerprint density at radius 2 is 1.36 bits per heavy atom. The first kappa shape index (κ1) is 20.5. The Bertz CT molecular complexity index is 792. The van der Waals surface area contributed by atoms with Crippen molar-refractivity contribution in [3.8, 4) is 34.1 Å². The second-order valence-electron chi connectivity index (χ2n) is 6.60. The number of ether oxygens (including phenoxy) is 2. The van der Waals surface area contributed by atoms with Crippen LogP contribution in [0.5, 0.6) is 11.5 Å². The second kappa shape index (κ2) is 10.3. The molecular formula is C23H26BrNO3. The molecule has 0 aliphatic rings. The highest BCUT2D eigenvalue weighted by molar-refractivity contribution is 9.09. The summed E-state index contributed by atoms with van der Waals surface area (Å²) in [7, 11) is 3.33. The molecule has 4 nitrogen and oxygen atoms in total. The summed E-state index contributed by atoms with van der Waals surface area (Å²) in [4.78, 5) is 4.82. The van der Waals surface area contributed by atoms with E-state index in [1.807, 2.05) is 48.5 Å². The lowest BCUT2D eigenvalue weighted by Gasteiger charge is -2.04. The molecule has 148 valence electrons. The van der Waals surface area contributed by atoms with E-state index in [2.05, 4.69) is 15.9 Å². The predicted octanol–water partition coefficient (Wildman–Crippen LogP) is 6.52. The molecule has 3 aromatic rings. The summed E-state index contributed by atoms with van der Waals surface area (Å²) >= 11 is 3.48. The molecule has 0 N–H and O–H groups in total. The van der Waals surface area contributed by atoms with E-state index in [1.165, 1.54) is 19.3 Å². The molecule has 2 aromatic carbocycles. The Morgan fingerprint density at radius 3 is 1.93 bits per heavy atom. The smallest absolute Gasteiger partial charge is 0.195 e. The molecular weight excluding hydrogens is 418 g/mol. The number of rotatable bonds is 10. The normalized spacial score (nSPS) is 10.8. The second-order valence-corrected chi connectivity index (χ2v) is 7.39. The summed E-state index contributed by atoms with van der Waals surface area (Å²) in [5.74, 6) is 3.23. The minimum atomic E-state index is 0.787. The number of hydrogen-bond donors (Lipinski definition) is 0. The minimum absolute atomic E-state index is 0.787. The van der Waals surface area contributed by atoms with Gasteiger partial charge in [0.15, 0.2) is 11.7 Å². The number of alkyl halides is 1. The fraction of sp³-hybridized carbons (Fsp3) is 0.348. The number of benzene rings is 2. The van der Waals surface area contributed by atoms with Gasteiger partial charge in [-0.15, -0.1) is 0 Å². The predicted molar refractivity (Wildman–Crippen MR) is 116 cm³/mol. The average Bonchev–Trinajstić information content (AvgIpc) is 3.18. The Morgan fingerprint density at radius 1 is 0.786 bits per heavy atom. The molecule has 3 rings (SSSR count). The Labute approximate surface area is 175 Å². The van der Waals surface area contributed by atoms with E-state index in [0.29, 0.717) is 0 Å². The third-order valence-electron chi connectivity index (χ3n) is 4.66. The molecule has 0 radical (unpaired) electrons. The largest absolute Gasteiger partial charge is 0.497 e. The Hall–Kier alpha value is -2.27. The first-order valence-electron chi connectivity index (χ1n) is 9.59. The number of hydrogen-bond acceptors (Lipinski definition) is 4. The lowest BCUT2D eigenvalue weighted by molar-refractivity contribution is 0.414. The van der Waals surface area contributed by atoms with Gasteiger partial charge in [0, 0.05) is 22.9 Å². The van der Waals surface area contributed by atoms with E-state index in [-0.39, 0.29) is 0 Å². The van der Waals surface area contributed by atoms with E-state index in [0.717, 1.165) is 58.1 Å². The number of aromatic nitrogens is 1. The summed E-state index contributed by atoms with van der Waals surface area (Å²) in [5, 5.41) is 1.06. The van der Waals surface area contributed by atoms with Crippen LogP contribution in [0.15, 0.2) is 52.9 Å². The van der Waals surface area contributed by atoms with Crippen molar-refractivity contribution < 1.29 is 13.9 Å². The van der Waals surface area contributed by atoms with Crippen LogP contribution in [0.3, 0.4) is 0 Å². The van der Waals surface area contributed by atoms with E-state index < -0.39 is 0 Å². The van der Waals surface area contributed by atoms with Crippen molar-refractivity contribution in [1.82, 2.24) is 4.98 Å². The van der Waals surface area contributed by atoms with Crippen molar-refractivity contribution in [2.45, 2.75) is 32.1 Å². The average molecular weight is 444 g/mol. The standard InChI is InChI=1S/C23H26BrNO3/c1-26-19-12-8-17(9-13-19)22-23(18-10-14-20(27-2)15-11-18)28-21(25-22)7-5-3-4-6-16-24/h8-15H,3-7,16H2,1-2H3. The number of oxazole rings is 1. The van der Waals surface area contributed by atoms with Crippen LogP contribution in [0, 0.1) is 0 Å². The number of unbranched alkanes of at least 4 members (excludes halogenated alkanes) is 3. The molecule has 0 fully saturated rings. The molecule has 28 heavy (non-hydrogen) atoms. The summed E-state index contributed by atoms with van der Waals surface area (Å²) in [6.07, 6.45) is 5.55. The van der Waals surface area contributed by atoms with Crippen molar-refractivity contribution in [1.29, 1.82) is 0 Å². The Kier molecular flexibility index (Phi) is 7.54. The summed E-state index contributed by atoms with van der Waals surface area (Å²) in [5.41, 5.74) is 2.87. The van der Waals surface area contributed by atoms with Gasteiger partial charge in [-0.05, 0) is 61.4 Å². The van der Waals surface area contributed by atoms with Crippen LogP contribution < -0.4 is 9.47 Å². The van der Waals surface area contributed by atoms with Crippen LogP contribution in [-0.2, 0) is 6.42 Å². The van der Waals surface area contributed by atoms with Crippen LogP contribution in [0.4, 0.5) is 0 Å². The van der Waals surface area contributed by atoms with Gasteiger partial charge in [-0.2, -0.15) is 0 Å². The zero-order valence-electron chi connectivity index (χ0n) is 16.4. The fourth-order valence-corrected chi connectivity index (χ4v) is 3.47. The highest BCUT2D eigenvalue weighted by Gasteiger charge is 2.17. The van der Waals surface area contributed by atoms with Crippen LogP contribution in [-0.4, -0.2) is 24.5 Å². The lowest BCUT2D eigenvalue weighted by atomic mass is 10.1. The quantitative estimate of drug-likeness (QED) is 0.264. The van der Waals surface area contributed by atoms with Crippen molar-refractivity contribution in [3.63, 3.8) is 0 Å². The third-order valence-corrected chi connectivity index (χ3v) is 5.22. The van der Waals surface area contributed by atoms with Crippen molar-refractivity contribution in [2.75, 3.05) is 19.5 Å². The number of nitrogens with zero attached hydrogens (tertiary/aromatic N) is 1.